The van der Waals surface area contributed by atoms with Gasteiger partial charge in [0, 0.05) is 18.3 Å². The summed E-state index contributed by atoms with van der Waals surface area (Å²) in [6.45, 7) is 0. The first-order valence-corrected chi connectivity index (χ1v) is 6.15. The molecule has 0 fully saturated rings. The molecule has 0 radical (unpaired) electrons. The molecule has 20 heavy (non-hydrogen) atoms. The number of ketones is 1. The van der Waals surface area contributed by atoms with Gasteiger partial charge >= 0.3 is 0 Å². The van der Waals surface area contributed by atoms with E-state index in [1.54, 1.807) is 50.6 Å². The van der Waals surface area contributed by atoms with Gasteiger partial charge in [-0.05, 0) is 36.4 Å². The molecule has 0 aliphatic carbocycles. The van der Waals surface area contributed by atoms with Crippen molar-refractivity contribution in [2.45, 2.75) is 0 Å². The molecule has 4 nitrogen and oxygen atoms in total. The third-order valence-corrected chi connectivity index (χ3v) is 2.99. The number of methoxy groups -OCH3 is 1. The van der Waals surface area contributed by atoms with E-state index in [0.717, 1.165) is 0 Å². The highest BCUT2D eigenvalue weighted by molar-refractivity contribution is 6.47. The van der Waals surface area contributed by atoms with Crippen molar-refractivity contribution in [2.75, 3.05) is 19.1 Å². The third kappa shape index (κ3) is 2.85. The maximum Gasteiger partial charge on any atom is 0.299 e. The van der Waals surface area contributed by atoms with Gasteiger partial charge in [0.1, 0.15) is 5.75 Å². The van der Waals surface area contributed by atoms with Crippen LogP contribution in [-0.4, -0.2) is 25.8 Å². The minimum atomic E-state index is -0.568. The summed E-state index contributed by atoms with van der Waals surface area (Å²) >= 11 is 0. The molecule has 102 valence electrons. The minimum Gasteiger partial charge on any atom is -0.497 e. The van der Waals surface area contributed by atoms with Crippen LogP contribution in [0.2, 0.25) is 0 Å². The average molecular weight is 269 g/mol. The summed E-state index contributed by atoms with van der Waals surface area (Å²) in [6, 6.07) is 15.5. The van der Waals surface area contributed by atoms with Gasteiger partial charge in [-0.15, -0.1) is 0 Å². The van der Waals surface area contributed by atoms with Crippen LogP contribution in [0.1, 0.15) is 10.4 Å². The highest BCUT2D eigenvalue weighted by atomic mass is 16.5. The number of hydrogen-bond acceptors (Lipinski definition) is 3. The molecule has 2 rings (SSSR count). The summed E-state index contributed by atoms with van der Waals surface area (Å²) in [5, 5.41) is 0. The van der Waals surface area contributed by atoms with Crippen molar-refractivity contribution in [2.24, 2.45) is 0 Å². The van der Waals surface area contributed by atoms with Crippen molar-refractivity contribution in [1.29, 1.82) is 0 Å². The van der Waals surface area contributed by atoms with Crippen LogP contribution in [0, 0.1) is 0 Å². The lowest BCUT2D eigenvalue weighted by atomic mass is 10.1. The van der Waals surface area contributed by atoms with Crippen LogP contribution in [0.3, 0.4) is 0 Å². The van der Waals surface area contributed by atoms with E-state index >= 15 is 0 Å². The number of Topliss-reactive ketones (excluding diaryl/α,β-unsaturated/α-hetero) is 1. The second-order valence-electron chi connectivity index (χ2n) is 4.26. The molecule has 0 unspecified atom stereocenters. The average Bonchev–Trinajstić information content (AvgIpc) is 2.53. The molecule has 2 aromatic rings. The summed E-state index contributed by atoms with van der Waals surface area (Å²) in [5.74, 6) is -0.467. The van der Waals surface area contributed by atoms with Crippen molar-refractivity contribution >= 4 is 17.4 Å². The number of nitrogens with zero attached hydrogens (tertiary/aromatic N) is 1. The Hall–Kier alpha value is -2.62. The van der Waals surface area contributed by atoms with Crippen molar-refractivity contribution in [3.05, 3.63) is 60.2 Å². The van der Waals surface area contributed by atoms with Gasteiger partial charge < -0.3 is 9.64 Å². The lowest BCUT2D eigenvalue weighted by Crippen LogP contribution is -2.33. The van der Waals surface area contributed by atoms with Gasteiger partial charge in [-0.2, -0.15) is 0 Å². The number of likely N-dealkylation sites (N-methyl/N-ethyl adjacent to an activating group) is 1. The van der Waals surface area contributed by atoms with Gasteiger partial charge in [-0.1, -0.05) is 18.2 Å². The lowest BCUT2D eigenvalue weighted by molar-refractivity contribution is -0.114. The van der Waals surface area contributed by atoms with E-state index in [9.17, 15) is 9.59 Å². The maximum absolute atomic E-state index is 12.1. The Bertz CT molecular complexity index is 605. The predicted molar refractivity (Wildman–Crippen MR) is 77.2 cm³/mol. The van der Waals surface area contributed by atoms with Gasteiger partial charge in [0.05, 0.1) is 7.11 Å². The van der Waals surface area contributed by atoms with Crippen molar-refractivity contribution in [1.82, 2.24) is 0 Å². The first-order valence-electron chi connectivity index (χ1n) is 6.15. The molecule has 0 heterocycles. The Kier molecular flexibility index (Phi) is 4.15. The highest BCUT2D eigenvalue weighted by Crippen LogP contribution is 2.15. The largest absolute Gasteiger partial charge is 0.497 e. The SMILES string of the molecule is COc1ccc(C(=O)C(=O)N(C)c2ccccc2)cc1. The molecule has 0 atom stereocenters. The number of rotatable bonds is 4. The maximum atomic E-state index is 12.1. The summed E-state index contributed by atoms with van der Waals surface area (Å²) < 4.78 is 5.02. The van der Waals surface area contributed by atoms with Gasteiger partial charge in [-0.25, -0.2) is 0 Å². The molecule has 0 spiro atoms. The Labute approximate surface area is 117 Å². The number of ether oxygens (including phenoxy) is 1. The van der Waals surface area contributed by atoms with E-state index in [0.29, 0.717) is 17.0 Å². The van der Waals surface area contributed by atoms with Crippen LogP contribution in [0.5, 0.6) is 5.75 Å². The fourth-order valence-corrected chi connectivity index (χ4v) is 1.79. The third-order valence-electron chi connectivity index (χ3n) is 2.99. The molecule has 0 saturated heterocycles. The fourth-order valence-electron chi connectivity index (χ4n) is 1.79. The number of hydrogen-bond donors (Lipinski definition) is 0. The van der Waals surface area contributed by atoms with Crippen LogP contribution in [0.25, 0.3) is 0 Å². The van der Waals surface area contributed by atoms with E-state index in [4.69, 9.17) is 4.74 Å². The number of carbonyl (C=O) groups excluding carboxylic acids is 2. The van der Waals surface area contributed by atoms with Crippen molar-refractivity contribution in [3.8, 4) is 5.75 Å². The van der Waals surface area contributed by atoms with E-state index < -0.39 is 11.7 Å². The molecule has 1 amide bonds. The number of carbonyl (C=O) groups is 2. The van der Waals surface area contributed by atoms with E-state index in [1.807, 2.05) is 18.2 Å². The van der Waals surface area contributed by atoms with E-state index in [1.165, 1.54) is 4.90 Å². The van der Waals surface area contributed by atoms with Gasteiger partial charge in [0.25, 0.3) is 11.7 Å². The first-order chi connectivity index (χ1) is 9.63. The normalized spacial score (nSPS) is 9.90. The zero-order valence-corrected chi connectivity index (χ0v) is 11.4. The summed E-state index contributed by atoms with van der Waals surface area (Å²) in [6.07, 6.45) is 0. The zero-order valence-electron chi connectivity index (χ0n) is 11.4. The molecule has 4 heteroatoms. The molecule has 2 aromatic carbocycles. The second-order valence-corrected chi connectivity index (χ2v) is 4.26. The number of anilines is 1. The Morgan fingerprint density at radius 2 is 1.55 bits per heavy atom. The quantitative estimate of drug-likeness (QED) is 0.633. The van der Waals surface area contributed by atoms with Crippen LogP contribution < -0.4 is 9.64 Å². The van der Waals surface area contributed by atoms with Gasteiger partial charge in [-0.3, -0.25) is 9.59 Å². The molecule has 0 saturated carbocycles. The first kappa shape index (κ1) is 13.8. The fraction of sp³-hybridized carbons (Fsp3) is 0.125. The smallest absolute Gasteiger partial charge is 0.299 e. The van der Waals surface area contributed by atoms with Gasteiger partial charge in [0.15, 0.2) is 0 Å². The summed E-state index contributed by atoms with van der Waals surface area (Å²) in [7, 11) is 3.13. The minimum absolute atomic E-state index is 0.346. The molecule has 0 N–H and O–H groups in total. The zero-order chi connectivity index (χ0) is 14.5. The van der Waals surface area contributed by atoms with Crippen molar-refractivity contribution < 1.29 is 14.3 Å². The summed E-state index contributed by atoms with van der Waals surface area (Å²) in [5.41, 5.74) is 1.03. The molecular formula is C16H15NO3. The predicted octanol–water partition coefficient (Wildman–Crippen LogP) is 2.54. The standard InChI is InChI=1S/C16H15NO3/c1-17(13-6-4-3-5-7-13)16(19)15(18)12-8-10-14(20-2)11-9-12/h3-11H,1-2H3. The molecular weight excluding hydrogens is 254 g/mol. The van der Waals surface area contributed by atoms with Gasteiger partial charge in [0.2, 0.25) is 0 Å². The van der Waals surface area contributed by atoms with E-state index in [2.05, 4.69) is 0 Å². The summed E-state index contributed by atoms with van der Waals surface area (Å²) in [4.78, 5) is 25.6. The van der Waals surface area contributed by atoms with E-state index in [-0.39, 0.29) is 0 Å². The molecule has 0 aliphatic rings. The van der Waals surface area contributed by atoms with Crippen LogP contribution >= 0.6 is 0 Å². The number of amides is 1. The Morgan fingerprint density at radius 1 is 0.950 bits per heavy atom. The van der Waals surface area contributed by atoms with Crippen LogP contribution in [0.4, 0.5) is 5.69 Å². The second kappa shape index (κ2) is 6.02. The Balaban J connectivity index is 2.17. The molecule has 0 bridgehead atoms. The highest BCUT2D eigenvalue weighted by Gasteiger charge is 2.21. The lowest BCUT2D eigenvalue weighted by Gasteiger charge is -2.16. The molecule has 0 aromatic heterocycles. The monoisotopic (exact) mass is 269 g/mol. The number of benzene rings is 2. The Morgan fingerprint density at radius 3 is 2.10 bits per heavy atom. The topological polar surface area (TPSA) is 46.6 Å². The molecule has 0 aliphatic heterocycles. The van der Waals surface area contributed by atoms with Crippen LogP contribution in [0.15, 0.2) is 54.6 Å². The number of para-hydroxylation sites is 1. The van der Waals surface area contributed by atoms with Crippen molar-refractivity contribution in [3.63, 3.8) is 0 Å². The van der Waals surface area contributed by atoms with Crippen LogP contribution in [-0.2, 0) is 4.79 Å².